The number of aryl methyl sites for hydroxylation is 2. The van der Waals surface area contributed by atoms with Crippen LogP contribution in [0.25, 0.3) is 0 Å². The Bertz CT molecular complexity index is 499. The first kappa shape index (κ1) is 11.6. The van der Waals surface area contributed by atoms with E-state index in [1.165, 1.54) is 16.0 Å². The molecular weight excluding hydrogens is 284 g/mol. The molecule has 84 valence electrons. The predicted molar refractivity (Wildman–Crippen MR) is 72.9 cm³/mol. The number of hydrogen-bond donors (Lipinski definition) is 1. The first-order chi connectivity index (χ1) is 7.54. The van der Waals surface area contributed by atoms with E-state index in [0.29, 0.717) is 5.13 Å². The van der Waals surface area contributed by atoms with E-state index in [1.54, 1.807) is 11.3 Å². The number of anilines is 1. The molecule has 0 atom stereocenters. The van der Waals surface area contributed by atoms with E-state index in [1.807, 2.05) is 6.92 Å². The lowest BCUT2D eigenvalue weighted by atomic mass is 10.1. The fourth-order valence-corrected chi connectivity index (χ4v) is 3.24. The van der Waals surface area contributed by atoms with Crippen LogP contribution >= 0.6 is 27.3 Å². The maximum Gasteiger partial charge on any atom is 0.180 e. The lowest BCUT2D eigenvalue weighted by Gasteiger charge is -2.03. The van der Waals surface area contributed by atoms with E-state index in [4.69, 9.17) is 5.73 Å². The number of nitrogen functional groups attached to an aromatic ring is 1. The summed E-state index contributed by atoms with van der Waals surface area (Å²) in [6.45, 7) is 4.11. The number of nitrogens with two attached hydrogens (primary N) is 1. The number of thiazole rings is 1. The van der Waals surface area contributed by atoms with Gasteiger partial charge < -0.3 is 5.73 Å². The van der Waals surface area contributed by atoms with Crippen molar-refractivity contribution in [3.8, 4) is 0 Å². The minimum absolute atomic E-state index is 0.652. The highest BCUT2D eigenvalue weighted by Gasteiger charge is 2.06. The molecule has 0 saturated heterocycles. The summed E-state index contributed by atoms with van der Waals surface area (Å²) in [5.41, 5.74) is 9.29. The minimum atomic E-state index is 0.652. The van der Waals surface area contributed by atoms with Crippen LogP contribution in [0.5, 0.6) is 0 Å². The standard InChI is InChI=1S/C12H13BrN2S/c1-7-3-9(5-10(13)4-7)6-11-8(2)15-12(14)16-11/h3-5H,6H2,1-2H3,(H2,14,15). The molecule has 1 aromatic heterocycles. The molecule has 1 aromatic carbocycles. The molecule has 0 unspecified atom stereocenters. The molecule has 0 spiro atoms. The lowest BCUT2D eigenvalue weighted by molar-refractivity contribution is 1.14. The largest absolute Gasteiger partial charge is 0.375 e. The maximum atomic E-state index is 5.69. The van der Waals surface area contributed by atoms with Gasteiger partial charge in [-0.3, -0.25) is 0 Å². The van der Waals surface area contributed by atoms with Crippen molar-refractivity contribution in [1.29, 1.82) is 0 Å². The first-order valence-corrected chi connectivity index (χ1v) is 6.63. The van der Waals surface area contributed by atoms with Crippen LogP contribution in [0.4, 0.5) is 5.13 Å². The van der Waals surface area contributed by atoms with Gasteiger partial charge in [0, 0.05) is 15.8 Å². The van der Waals surface area contributed by atoms with Crippen molar-refractivity contribution in [1.82, 2.24) is 4.98 Å². The number of rotatable bonds is 2. The quantitative estimate of drug-likeness (QED) is 0.918. The second-order valence-electron chi connectivity index (χ2n) is 3.87. The van der Waals surface area contributed by atoms with E-state index in [9.17, 15) is 0 Å². The fraction of sp³-hybridized carbons (Fsp3) is 0.250. The molecule has 0 fully saturated rings. The molecule has 2 nitrogen and oxygen atoms in total. The molecule has 0 amide bonds. The molecule has 0 bridgehead atoms. The van der Waals surface area contributed by atoms with E-state index in [0.717, 1.165) is 16.6 Å². The zero-order valence-electron chi connectivity index (χ0n) is 9.25. The highest BCUT2D eigenvalue weighted by molar-refractivity contribution is 9.10. The van der Waals surface area contributed by atoms with Crippen molar-refractivity contribution >= 4 is 32.4 Å². The predicted octanol–water partition coefficient (Wildman–Crippen LogP) is 3.70. The zero-order valence-corrected chi connectivity index (χ0v) is 11.7. The normalized spacial score (nSPS) is 10.7. The third-order valence-corrected chi connectivity index (χ3v) is 3.82. The molecule has 0 radical (unpaired) electrons. The van der Waals surface area contributed by atoms with Crippen LogP contribution in [0.3, 0.4) is 0 Å². The van der Waals surface area contributed by atoms with Crippen molar-refractivity contribution < 1.29 is 0 Å². The Labute approximate surface area is 108 Å². The van der Waals surface area contributed by atoms with Crippen LogP contribution in [0, 0.1) is 13.8 Å². The number of benzene rings is 1. The molecule has 0 aliphatic carbocycles. The monoisotopic (exact) mass is 296 g/mol. The second kappa shape index (κ2) is 4.55. The molecule has 4 heteroatoms. The van der Waals surface area contributed by atoms with Crippen molar-refractivity contribution in [2.24, 2.45) is 0 Å². The number of hydrogen-bond acceptors (Lipinski definition) is 3. The van der Waals surface area contributed by atoms with Gasteiger partial charge in [-0.2, -0.15) is 0 Å². The van der Waals surface area contributed by atoms with Crippen LogP contribution < -0.4 is 5.73 Å². The molecule has 2 N–H and O–H groups in total. The van der Waals surface area contributed by atoms with Gasteiger partial charge in [0.05, 0.1) is 5.69 Å². The van der Waals surface area contributed by atoms with E-state index in [-0.39, 0.29) is 0 Å². The Morgan fingerprint density at radius 2 is 2.06 bits per heavy atom. The number of halogens is 1. The SMILES string of the molecule is Cc1cc(Br)cc(Cc2sc(N)nc2C)c1. The van der Waals surface area contributed by atoms with Gasteiger partial charge in [0.25, 0.3) is 0 Å². The topological polar surface area (TPSA) is 38.9 Å². The Balaban J connectivity index is 2.30. The summed E-state index contributed by atoms with van der Waals surface area (Å²) in [5, 5.41) is 0.652. The summed E-state index contributed by atoms with van der Waals surface area (Å²) >= 11 is 5.09. The zero-order chi connectivity index (χ0) is 11.7. The van der Waals surface area contributed by atoms with Crippen LogP contribution in [0.2, 0.25) is 0 Å². The van der Waals surface area contributed by atoms with Crippen LogP contribution in [0.15, 0.2) is 22.7 Å². The number of aromatic nitrogens is 1. The van der Waals surface area contributed by atoms with Gasteiger partial charge in [0.2, 0.25) is 0 Å². The van der Waals surface area contributed by atoms with Gasteiger partial charge in [-0.15, -0.1) is 11.3 Å². The van der Waals surface area contributed by atoms with Gasteiger partial charge in [-0.05, 0) is 37.1 Å². The third kappa shape index (κ3) is 2.62. The van der Waals surface area contributed by atoms with Crippen LogP contribution in [-0.2, 0) is 6.42 Å². The Morgan fingerprint density at radius 3 is 2.62 bits per heavy atom. The van der Waals surface area contributed by atoms with Gasteiger partial charge in [0.15, 0.2) is 5.13 Å². The van der Waals surface area contributed by atoms with Gasteiger partial charge >= 0.3 is 0 Å². The van der Waals surface area contributed by atoms with Crippen molar-refractivity contribution in [3.05, 3.63) is 44.4 Å². The summed E-state index contributed by atoms with van der Waals surface area (Å²) < 4.78 is 1.12. The Hall–Kier alpha value is -0.870. The van der Waals surface area contributed by atoms with E-state index < -0.39 is 0 Å². The fourth-order valence-electron chi connectivity index (χ4n) is 1.71. The molecule has 0 aliphatic rings. The Kier molecular flexibility index (Phi) is 3.30. The van der Waals surface area contributed by atoms with Crippen molar-refractivity contribution in [3.63, 3.8) is 0 Å². The summed E-state index contributed by atoms with van der Waals surface area (Å²) in [6.07, 6.45) is 0.904. The van der Waals surface area contributed by atoms with Crippen molar-refractivity contribution in [2.45, 2.75) is 20.3 Å². The molecule has 2 aromatic rings. The summed E-state index contributed by atoms with van der Waals surface area (Å²) in [4.78, 5) is 5.48. The molecule has 2 rings (SSSR count). The Morgan fingerprint density at radius 1 is 1.31 bits per heavy atom. The third-order valence-electron chi connectivity index (χ3n) is 2.38. The summed E-state index contributed by atoms with van der Waals surface area (Å²) in [5.74, 6) is 0. The van der Waals surface area contributed by atoms with E-state index >= 15 is 0 Å². The highest BCUT2D eigenvalue weighted by Crippen LogP contribution is 2.24. The van der Waals surface area contributed by atoms with Crippen LogP contribution in [0.1, 0.15) is 21.7 Å². The molecule has 1 heterocycles. The minimum Gasteiger partial charge on any atom is -0.375 e. The van der Waals surface area contributed by atoms with Gasteiger partial charge in [-0.25, -0.2) is 4.98 Å². The van der Waals surface area contributed by atoms with E-state index in [2.05, 4.69) is 46.0 Å². The second-order valence-corrected chi connectivity index (χ2v) is 5.91. The first-order valence-electron chi connectivity index (χ1n) is 5.02. The van der Waals surface area contributed by atoms with Crippen molar-refractivity contribution in [2.75, 3.05) is 5.73 Å². The average molecular weight is 297 g/mol. The smallest absolute Gasteiger partial charge is 0.180 e. The summed E-state index contributed by atoms with van der Waals surface area (Å²) in [6, 6.07) is 6.44. The lowest BCUT2D eigenvalue weighted by Crippen LogP contribution is -1.89. The van der Waals surface area contributed by atoms with Crippen LogP contribution in [-0.4, -0.2) is 4.98 Å². The number of nitrogens with zero attached hydrogens (tertiary/aromatic N) is 1. The van der Waals surface area contributed by atoms with Gasteiger partial charge in [0.1, 0.15) is 0 Å². The van der Waals surface area contributed by atoms with Gasteiger partial charge in [-0.1, -0.05) is 22.0 Å². The summed E-state index contributed by atoms with van der Waals surface area (Å²) in [7, 11) is 0. The highest BCUT2D eigenvalue weighted by atomic mass is 79.9. The molecule has 0 aliphatic heterocycles. The average Bonchev–Trinajstić information content (AvgIpc) is 2.43. The molecular formula is C12H13BrN2S. The molecule has 16 heavy (non-hydrogen) atoms. The molecule has 0 saturated carbocycles. The maximum absolute atomic E-state index is 5.69.